The maximum atomic E-state index is 11.9. The Balaban J connectivity index is 1.59. The zero-order valence-corrected chi connectivity index (χ0v) is 15.8. The van der Waals surface area contributed by atoms with Crippen molar-refractivity contribution < 1.29 is 13.9 Å². The van der Waals surface area contributed by atoms with Crippen LogP contribution in [0.1, 0.15) is 51.2 Å². The number of hydrogen-bond donors (Lipinski definition) is 3. The Labute approximate surface area is 156 Å². The zero-order valence-electron chi connectivity index (χ0n) is 15.8. The molecule has 26 heavy (non-hydrogen) atoms. The highest BCUT2D eigenvalue weighted by atomic mass is 16.5. The van der Waals surface area contributed by atoms with Crippen LogP contribution in [0.3, 0.4) is 0 Å². The van der Waals surface area contributed by atoms with Gasteiger partial charge in [0.2, 0.25) is 5.91 Å². The van der Waals surface area contributed by atoms with E-state index in [1.807, 2.05) is 13.0 Å². The summed E-state index contributed by atoms with van der Waals surface area (Å²) in [7, 11) is 0. The van der Waals surface area contributed by atoms with Crippen molar-refractivity contribution in [2.45, 2.75) is 58.1 Å². The quantitative estimate of drug-likeness (QED) is 0.336. The lowest BCUT2D eigenvalue weighted by atomic mass is 9.98. The van der Waals surface area contributed by atoms with E-state index in [2.05, 4.69) is 20.9 Å². The lowest BCUT2D eigenvalue weighted by Crippen LogP contribution is -2.39. The van der Waals surface area contributed by atoms with Gasteiger partial charge in [0.25, 0.3) is 0 Å². The molecule has 1 aliphatic carbocycles. The van der Waals surface area contributed by atoms with Gasteiger partial charge in [-0.3, -0.25) is 4.79 Å². The molecule has 0 atom stereocenters. The number of carbonyl (C=O) groups excluding carboxylic acids is 1. The van der Waals surface area contributed by atoms with E-state index in [4.69, 9.17) is 9.15 Å². The number of hydrogen-bond acceptors (Lipinski definition) is 4. The SMILES string of the molecule is CCNC(=NCC(=O)NCc1ccco1)NCCCOC1CCCCC1. The maximum Gasteiger partial charge on any atom is 0.242 e. The van der Waals surface area contributed by atoms with E-state index in [0.29, 0.717) is 18.6 Å². The molecule has 0 spiro atoms. The van der Waals surface area contributed by atoms with E-state index in [0.717, 1.165) is 31.9 Å². The van der Waals surface area contributed by atoms with E-state index >= 15 is 0 Å². The van der Waals surface area contributed by atoms with Crippen LogP contribution < -0.4 is 16.0 Å². The Kier molecular flexibility index (Phi) is 9.64. The predicted octanol–water partition coefficient (Wildman–Crippen LogP) is 2.19. The Morgan fingerprint density at radius 1 is 1.27 bits per heavy atom. The molecule has 7 nitrogen and oxygen atoms in total. The van der Waals surface area contributed by atoms with E-state index in [-0.39, 0.29) is 12.5 Å². The van der Waals surface area contributed by atoms with Crippen LogP contribution in [0.4, 0.5) is 0 Å². The first kappa shape index (κ1) is 20.3. The normalized spacial score (nSPS) is 15.7. The fraction of sp³-hybridized carbons (Fsp3) is 0.684. The number of guanidine groups is 1. The summed E-state index contributed by atoms with van der Waals surface area (Å²) in [6.45, 7) is 4.74. The topological polar surface area (TPSA) is 87.9 Å². The lowest BCUT2D eigenvalue weighted by Gasteiger charge is -2.22. The molecule has 7 heteroatoms. The second-order valence-corrected chi connectivity index (χ2v) is 6.46. The Bertz CT molecular complexity index is 525. The fourth-order valence-corrected chi connectivity index (χ4v) is 2.91. The average molecular weight is 364 g/mol. The van der Waals surface area contributed by atoms with Crippen molar-refractivity contribution in [1.82, 2.24) is 16.0 Å². The number of furan rings is 1. The highest BCUT2D eigenvalue weighted by Gasteiger charge is 2.13. The number of aliphatic imine (C=N–C) groups is 1. The van der Waals surface area contributed by atoms with Crippen molar-refractivity contribution in [2.75, 3.05) is 26.2 Å². The van der Waals surface area contributed by atoms with Crippen molar-refractivity contribution in [3.63, 3.8) is 0 Å². The molecule has 2 rings (SSSR count). The van der Waals surface area contributed by atoms with Crippen LogP contribution in [-0.4, -0.2) is 44.2 Å². The zero-order chi connectivity index (χ0) is 18.5. The summed E-state index contributed by atoms with van der Waals surface area (Å²) in [5.41, 5.74) is 0. The van der Waals surface area contributed by atoms with Gasteiger partial charge in [-0.05, 0) is 38.3 Å². The first-order chi connectivity index (χ1) is 12.8. The van der Waals surface area contributed by atoms with Crippen molar-refractivity contribution in [3.8, 4) is 0 Å². The molecule has 1 fully saturated rings. The van der Waals surface area contributed by atoms with Crippen LogP contribution >= 0.6 is 0 Å². The average Bonchev–Trinajstić information content (AvgIpc) is 3.18. The second-order valence-electron chi connectivity index (χ2n) is 6.46. The first-order valence-corrected chi connectivity index (χ1v) is 9.70. The number of ether oxygens (including phenoxy) is 1. The van der Waals surface area contributed by atoms with Crippen LogP contribution in [0.5, 0.6) is 0 Å². The standard InChI is InChI=1S/C19H32N4O3/c1-2-20-19(21-11-7-13-25-16-8-4-3-5-9-16)23-15-18(24)22-14-17-10-6-12-26-17/h6,10,12,16H,2-5,7-9,11,13-15H2,1H3,(H,22,24)(H2,20,21,23). The minimum Gasteiger partial charge on any atom is -0.467 e. The van der Waals surface area contributed by atoms with Gasteiger partial charge in [-0.25, -0.2) is 4.99 Å². The van der Waals surface area contributed by atoms with Crippen LogP contribution in [0, 0.1) is 0 Å². The summed E-state index contributed by atoms with van der Waals surface area (Å²) in [5.74, 6) is 1.24. The summed E-state index contributed by atoms with van der Waals surface area (Å²) in [6, 6.07) is 3.62. The number of nitrogens with zero attached hydrogens (tertiary/aromatic N) is 1. The van der Waals surface area contributed by atoms with Crippen molar-refractivity contribution in [2.24, 2.45) is 4.99 Å². The molecule has 0 bridgehead atoms. The number of carbonyl (C=O) groups is 1. The summed E-state index contributed by atoms with van der Waals surface area (Å²) >= 11 is 0. The third-order valence-electron chi connectivity index (χ3n) is 4.28. The molecule has 0 unspecified atom stereocenters. The summed E-state index contributed by atoms with van der Waals surface area (Å²) in [5, 5.41) is 9.17. The highest BCUT2D eigenvalue weighted by molar-refractivity contribution is 5.84. The molecule has 1 aromatic rings. The molecule has 146 valence electrons. The van der Waals surface area contributed by atoms with Gasteiger partial charge in [-0.2, -0.15) is 0 Å². The minimum atomic E-state index is -0.140. The van der Waals surface area contributed by atoms with Gasteiger partial charge < -0.3 is 25.1 Å². The lowest BCUT2D eigenvalue weighted by molar-refractivity contribution is -0.119. The van der Waals surface area contributed by atoms with Gasteiger partial charge in [0.1, 0.15) is 12.3 Å². The Hall–Kier alpha value is -2.02. The largest absolute Gasteiger partial charge is 0.467 e. The molecule has 1 amide bonds. The van der Waals surface area contributed by atoms with Crippen molar-refractivity contribution >= 4 is 11.9 Å². The third kappa shape index (κ3) is 8.38. The van der Waals surface area contributed by atoms with E-state index in [9.17, 15) is 4.79 Å². The van der Waals surface area contributed by atoms with Crippen LogP contribution in [0.2, 0.25) is 0 Å². The van der Waals surface area contributed by atoms with E-state index in [1.54, 1.807) is 12.3 Å². The Morgan fingerprint density at radius 2 is 2.12 bits per heavy atom. The van der Waals surface area contributed by atoms with Gasteiger partial charge >= 0.3 is 0 Å². The number of rotatable bonds is 10. The molecular formula is C19H32N4O3. The molecule has 1 saturated carbocycles. The number of nitrogens with one attached hydrogen (secondary N) is 3. The van der Waals surface area contributed by atoms with E-state index < -0.39 is 0 Å². The third-order valence-corrected chi connectivity index (χ3v) is 4.28. The molecule has 0 aromatic carbocycles. The first-order valence-electron chi connectivity index (χ1n) is 9.70. The van der Waals surface area contributed by atoms with Crippen LogP contribution in [0.25, 0.3) is 0 Å². The van der Waals surface area contributed by atoms with Crippen LogP contribution in [-0.2, 0) is 16.1 Å². The maximum absolute atomic E-state index is 11.9. The Morgan fingerprint density at radius 3 is 2.85 bits per heavy atom. The second kappa shape index (κ2) is 12.4. The van der Waals surface area contributed by atoms with Crippen molar-refractivity contribution in [1.29, 1.82) is 0 Å². The molecule has 3 N–H and O–H groups in total. The molecular weight excluding hydrogens is 332 g/mol. The molecule has 0 radical (unpaired) electrons. The predicted molar refractivity (Wildman–Crippen MR) is 102 cm³/mol. The highest BCUT2D eigenvalue weighted by Crippen LogP contribution is 2.20. The fourth-order valence-electron chi connectivity index (χ4n) is 2.91. The van der Waals surface area contributed by atoms with Gasteiger partial charge in [-0.15, -0.1) is 0 Å². The monoisotopic (exact) mass is 364 g/mol. The van der Waals surface area contributed by atoms with Crippen molar-refractivity contribution in [3.05, 3.63) is 24.2 Å². The van der Waals surface area contributed by atoms with Gasteiger partial charge in [-0.1, -0.05) is 19.3 Å². The molecule has 0 aliphatic heterocycles. The molecule has 0 saturated heterocycles. The number of amides is 1. The summed E-state index contributed by atoms with van der Waals surface area (Å²) in [4.78, 5) is 16.2. The van der Waals surface area contributed by atoms with Gasteiger partial charge in [0, 0.05) is 19.7 Å². The van der Waals surface area contributed by atoms with Gasteiger partial charge in [0.15, 0.2) is 5.96 Å². The van der Waals surface area contributed by atoms with Crippen LogP contribution in [0.15, 0.2) is 27.8 Å². The van der Waals surface area contributed by atoms with Gasteiger partial charge in [0.05, 0.1) is 18.9 Å². The van der Waals surface area contributed by atoms with E-state index in [1.165, 1.54) is 32.1 Å². The summed E-state index contributed by atoms with van der Waals surface area (Å²) < 4.78 is 11.1. The molecule has 1 aliphatic rings. The molecule has 1 aromatic heterocycles. The minimum absolute atomic E-state index is 0.0780. The summed E-state index contributed by atoms with van der Waals surface area (Å²) in [6.07, 6.45) is 9.29. The molecule has 1 heterocycles. The smallest absolute Gasteiger partial charge is 0.242 e.